The van der Waals surface area contributed by atoms with Crippen LogP contribution in [0.4, 0.5) is 0 Å². The number of hydrogen-bond acceptors (Lipinski definition) is 3. The van der Waals surface area contributed by atoms with Gasteiger partial charge in [0.05, 0.1) is 0 Å². The van der Waals surface area contributed by atoms with Crippen LogP contribution in [0, 0.1) is 0 Å². The number of rotatable bonds is 10. The molecule has 0 aliphatic carbocycles. The predicted molar refractivity (Wildman–Crippen MR) is 104 cm³/mol. The minimum absolute atomic E-state index is 0.200. The topological polar surface area (TPSA) is 38.8 Å². The molecule has 0 saturated carbocycles. The maximum atomic E-state index is 11.9. The monoisotopic (exact) mass is 357 g/mol. The average molecular weight is 357 g/mol. The van der Waals surface area contributed by atoms with Gasteiger partial charge in [-0.2, -0.15) is 0 Å². The minimum Gasteiger partial charge on any atom is -0.454 e. The van der Waals surface area contributed by atoms with Crippen LogP contribution in [0.15, 0.2) is 30.4 Å². The van der Waals surface area contributed by atoms with Gasteiger partial charge in [-0.3, -0.25) is 4.79 Å². The summed E-state index contributed by atoms with van der Waals surface area (Å²) >= 11 is 0. The minimum atomic E-state index is 0.200. The van der Waals surface area contributed by atoms with Crippen LogP contribution in [0.1, 0.15) is 63.4 Å². The first-order chi connectivity index (χ1) is 12.8. The van der Waals surface area contributed by atoms with Gasteiger partial charge in [-0.05, 0) is 62.3 Å². The molecule has 0 radical (unpaired) electrons. The van der Waals surface area contributed by atoms with Crippen molar-refractivity contribution in [2.75, 3.05) is 19.9 Å². The second-order valence-corrected chi connectivity index (χ2v) is 7.28. The van der Waals surface area contributed by atoms with E-state index in [0.717, 1.165) is 50.3 Å². The fourth-order valence-electron chi connectivity index (χ4n) is 3.62. The number of fused-ring (bicyclic) bond motifs is 1. The summed E-state index contributed by atoms with van der Waals surface area (Å²) in [5.74, 6) is 1.95. The molecule has 4 heteroatoms. The quantitative estimate of drug-likeness (QED) is 0.443. The molecule has 1 saturated heterocycles. The highest BCUT2D eigenvalue weighted by Crippen LogP contribution is 2.32. The molecule has 1 aromatic carbocycles. The summed E-state index contributed by atoms with van der Waals surface area (Å²) in [6, 6.07) is 6.26. The fourth-order valence-corrected chi connectivity index (χ4v) is 3.62. The van der Waals surface area contributed by atoms with Crippen molar-refractivity contribution in [1.29, 1.82) is 0 Å². The standard InChI is InChI=1S/C22H31NO3/c24-22(23-15-9-10-16-23)12-8-6-4-2-1-3-5-7-11-19-13-14-20-21(17-19)26-18-25-20/h8,12-14,17H,1-7,9-11,15-16,18H2/b12-8+. The van der Waals surface area contributed by atoms with Crippen LogP contribution in [-0.4, -0.2) is 30.7 Å². The lowest BCUT2D eigenvalue weighted by molar-refractivity contribution is -0.125. The zero-order valence-electron chi connectivity index (χ0n) is 15.8. The third-order valence-electron chi connectivity index (χ3n) is 5.20. The molecule has 1 amide bonds. The molecule has 2 aliphatic heterocycles. The SMILES string of the molecule is O=C(/C=C/CCCCCCCCc1ccc2c(c1)OCO2)N1CCCC1. The first kappa shape index (κ1) is 18.8. The summed E-state index contributed by atoms with van der Waals surface area (Å²) in [5.41, 5.74) is 1.34. The van der Waals surface area contributed by atoms with Crippen LogP contribution in [0.2, 0.25) is 0 Å². The number of amides is 1. The number of aryl methyl sites for hydroxylation is 1. The molecule has 0 bridgehead atoms. The lowest BCUT2D eigenvalue weighted by Crippen LogP contribution is -2.25. The predicted octanol–water partition coefficient (Wildman–Crippen LogP) is 4.87. The third-order valence-corrected chi connectivity index (χ3v) is 5.20. The number of carbonyl (C=O) groups is 1. The van der Waals surface area contributed by atoms with Gasteiger partial charge in [0.25, 0.3) is 0 Å². The van der Waals surface area contributed by atoms with E-state index < -0.39 is 0 Å². The number of nitrogens with zero attached hydrogens (tertiary/aromatic N) is 1. The molecule has 0 atom stereocenters. The van der Waals surface area contributed by atoms with Gasteiger partial charge < -0.3 is 14.4 Å². The van der Waals surface area contributed by atoms with E-state index in [2.05, 4.69) is 18.2 Å². The Bertz CT molecular complexity index is 605. The van der Waals surface area contributed by atoms with Crippen molar-refractivity contribution in [3.63, 3.8) is 0 Å². The van der Waals surface area contributed by atoms with Crippen molar-refractivity contribution in [2.24, 2.45) is 0 Å². The second-order valence-electron chi connectivity index (χ2n) is 7.28. The van der Waals surface area contributed by atoms with Crippen molar-refractivity contribution < 1.29 is 14.3 Å². The second kappa shape index (κ2) is 10.2. The Kier molecular flexibility index (Phi) is 7.41. The average Bonchev–Trinajstić information content (AvgIpc) is 3.34. The van der Waals surface area contributed by atoms with Crippen molar-refractivity contribution in [3.05, 3.63) is 35.9 Å². The van der Waals surface area contributed by atoms with Gasteiger partial charge in [0.1, 0.15) is 0 Å². The Morgan fingerprint density at radius 1 is 0.962 bits per heavy atom. The highest BCUT2D eigenvalue weighted by atomic mass is 16.7. The van der Waals surface area contributed by atoms with E-state index in [1.807, 2.05) is 11.0 Å². The van der Waals surface area contributed by atoms with Crippen molar-refractivity contribution in [3.8, 4) is 11.5 Å². The number of hydrogen-bond donors (Lipinski definition) is 0. The van der Waals surface area contributed by atoms with E-state index in [-0.39, 0.29) is 5.91 Å². The molecule has 142 valence electrons. The van der Waals surface area contributed by atoms with Gasteiger partial charge in [0.15, 0.2) is 11.5 Å². The van der Waals surface area contributed by atoms with Gasteiger partial charge in [0.2, 0.25) is 12.7 Å². The summed E-state index contributed by atoms with van der Waals surface area (Å²) < 4.78 is 10.8. The van der Waals surface area contributed by atoms with Crippen LogP contribution < -0.4 is 9.47 Å². The zero-order chi connectivity index (χ0) is 18.0. The first-order valence-electron chi connectivity index (χ1n) is 10.2. The number of ether oxygens (including phenoxy) is 2. The van der Waals surface area contributed by atoms with E-state index >= 15 is 0 Å². The van der Waals surface area contributed by atoms with Crippen LogP contribution in [0.5, 0.6) is 11.5 Å². The first-order valence-corrected chi connectivity index (χ1v) is 10.2. The third kappa shape index (κ3) is 5.79. The van der Waals surface area contributed by atoms with Gasteiger partial charge >= 0.3 is 0 Å². The molecule has 2 aliphatic rings. The number of carbonyl (C=O) groups excluding carboxylic acids is 1. The molecule has 1 fully saturated rings. The number of unbranched alkanes of at least 4 members (excludes halogenated alkanes) is 6. The van der Waals surface area contributed by atoms with E-state index in [1.165, 1.54) is 44.1 Å². The van der Waals surface area contributed by atoms with Crippen molar-refractivity contribution in [2.45, 2.75) is 64.2 Å². The number of likely N-dealkylation sites (tertiary alicyclic amines) is 1. The maximum Gasteiger partial charge on any atom is 0.246 e. The highest BCUT2D eigenvalue weighted by molar-refractivity contribution is 5.87. The molecule has 0 unspecified atom stereocenters. The van der Waals surface area contributed by atoms with E-state index in [4.69, 9.17) is 9.47 Å². The maximum absolute atomic E-state index is 11.9. The van der Waals surface area contributed by atoms with Gasteiger partial charge in [-0.25, -0.2) is 0 Å². The lowest BCUT2D eigenvalue weighted by Gasteiger charge is -2.11. The molecule has 0 N–H and O–H groups in total. The molecular formula is C22H31NO3. The summed E-state index contributed by atoms with van der Waals surface area (Å²) in [6.45, 7) is 2.23. The van der Waals surface area contributed by atoms with Crippen molar-refractivity contribution >= 4 is 5.91 Å². The van der Waals surface area contributed by atoms with Crippen LogP contribution in [-0.2, 0) is 11.2 Å². The molecule has 4 nitrogen and oxygen atoms in total. The lowest BCUT2D eigenvalue weighted by atomic mass is 10.0. The molecule has 1 aromatic rings. The summed E-state index contributed by atoms with van der Waals surface area (Å²) in [4.78, 5) is 13.8. The van der Waals surface area contributed by atoms with Gasteiger partial charge in [-0.15, -0.1) is 0 Å². The number of benzene rings is 1. The Morgan fingerprint density at radius 2 is 1.69 bits per heavy atom. The Balaban J connectivity index is 1.17. The molecule has 2 heterocycles. The van der Waals surface area contributed by atoms with E-state index in [1.54, 1.807) is 6.08 Å². The summed E-state index contributed by atoms with van der Waals surface area (Å²) in [7, 11) is 0. The van der Waals surface area contributed by atoms with Crippen molar-refractivity contribution in [1.82, 2.24) is 4.90 Å². The largest absolute Gasteiger partial charge is 0.454 e. The molecule has 0 aromatic heterocycles. The zero-order valence-corrected chi connectivity index (χ0v) is 15.8. The van der Waals surface area contributed by atoms with E-state index in [9.17, 15) is 4.79 Å². The Morgan fingerprint density at radius 3 is 2.54 bits per heavy atom. The summed E-state index contributed by atoms with van der Waals surface area (Å²) in [6.07, 6.45) is 15.8. The van der Waals surface area contributed by atoms with E-state index in [0.29, 0.717) is 6.79 Å². The number of allylic oxidation sites excluding steroid dienone is 1. The molecule has 26 heavy (non-hydrogen) atoms. The van der Waals surface area contributed by atoms with Gasteiger partial charge in [0, 0.05) is 13.1 Å². The van der Waals surface area contributed by atoms with Crippen LogP contribution in [0.25, 0.3) is 0 Å². The highest BCUT2D eigenvalue weighted by Gasteiger charge is 2.15. The van der Waals surface area contributed by atoms with Crippen LogP contribution in [0.3, 0.4) is 0 Å². The molecule has 0 spiro atoms. The molecular weight excluding hydrogens is 326 g/mol. The smallest absolute Gasteiger partial charge is 0.246 e. The molecule has 3 rings (SSSR count). The van der Waals surface area contributed by atoms with Gasteiger partial charge in [-0.1, -0.05) is 37.8 Å². The fraction of sp³-hybridized carbons (Fsp3) is 0.591. The van der Waals surface area contributed by atoms with Crippen LogP contribution >= 0.6 is 0 Å². The normalized spacial score (nSPS) is 15.9. The Hall–Kier alpha value is -1.97. The Labute approximate surface area is 157 Å². The summed E-state index contributed by atoms with van der Waals surface area (Å²) in [5, 5.41) is 0.